The standard InChI is InChI=1S/C21H25FO/c1-14(2)10-17-13-21(3)18(6-9-20(21)23)12-16(17)11-15-4-7-19(22)8-5-15/h4-5,7-8,10,12,20,23H,6,9,11,13H2,1-3H3. The van der Waals surface area contributed by atoms with Gasteiger partial charge in [0, 0.05) is 5.41 Å². The summed E-state index contributed by atoms with van der Waals surface area (Å²) in [5.74, 6) is -0.194. The lowest BCUT2D eigenvalue weighted by Gasteiger charge is -2.35. The van der Waals surface area contributed by atoms with E-state index in [0.29, 0.717) is 0 Å². The lowest BCUT2D eigenvalue weighted by Crippen LogP contribution is -2.30. The second kappa shape index (κ2) is 6.09. The SMILES string of the molecule is CC(C)=CC1=C(Cc2ccc(F)cc2)C=C2CCC(O)C2(C)C1. The predicted octanol–water partition coefficient (Wildman–Crippen LogP) is 5.12. The summed E-state index contributed by atoms with van der Waals surface area (Å²) < 4.78 is 13.1. The highest BCUT2D eigenvalue weighted by atomic mass is 19.1. The van der Waals surface area contributed by atoms with Gasteiger partial charge in [-0.25, -0.2) is 4.39 Å². The first-order valence-electron chi connectivity index (χ1n) is 8.39. The minimum absolute atomic E-state index is 0.117. The molecule has 0 saturated heterocycles. The third kappa shape index (κ3) is 3.18. The second-order valence-corrected chi connectivity index (χ2v) is 7.39. The van der Waals surface area contributed by atoms with Crippen LogP contribution in [0.2, 0.25) is 0 Å². The number of benzene rings is 1. The van der Waals surface area contributed by atoms with Crippen molar-refractivity contribution in [1.29, 1.82) is 0 Å². The van der Waals surface area contributed by atoms with E-state index in [1.54, 1.807) is 0 Å². The predicted molar refractivity (Wildman–Crippen MR) is 92.6 cm³/mol. The van der Waals surface area contributed by atoms with Crippen molar-refractivity contribution in [3.05, 3.63) is 70.1 Å². The topological polar surface area (TPSA) is 20.2 Å². The molecule has 1 aromatic carbocycles. The van der Waals surface area contributed by atoms with Crippen molar-refractivity contribution in [2.24, 2.45) is 5.41 Å². The molecule has 0 aromatic heterocycles. The maximum atomic E-state index is 13.1. The van der Waals surface area contributed by atoms with E-state index < -0.39 is 0 Å². The summed E-state index contributed by atoms with van der Waals surface area (Å²) in [4.78, 5) is 0. The van der Waals surface area contributed by atoms with Gasteiger partial charge in [-0.2, -0.15) is 0 Å². The van der Waals surface area contributed by atoms with E-state index >= 15 is 0 Å². The van der Waals surface area contributed by atoms with Gasteiger partial charge in [0.05, 0.1) is 6.10 Å². The highest BCUT2D eigenvalue weighted by Gasteiger charge is 2.44. The van der Waals surface area contributed by atoms with Gasteiger partial charge in [0.25, 0.3) is 0 Å². The zero-order valence-electron chi connectivity index (χ0n) is 14.2. The smallest absolute Gasteiger partial charge is 0.123 e. The molecule has 0 heterocycles. The number of fused-ring (bicyclic) bond motifs is 1. The third-order valence-electron chi connectivity index (χ3n) is 5.25. The minimum atomic E-state index is -0.248. The number of hydrogen-bond donors (Lipinski definition) is 1. The lowest BCUT2D eigenvalue weighted by atomic mass is 9.71. The average Bonchev–Trinajstić information content (AvgIpc) is 2.77. The molecule has 0 spiro atoms. The van der Waals surface area contributed by atoms with Crippen LogP contribution >= 0.6 is 0 Å². The van der Waals surface area contributed by atoms with Crippen LogP contribution in [0.1, 0.15) is 45.6 Å². The molecule has 23 heavy (non-hydrogen) atoms. The Hall–Kier alpha value is -1.67. The zero-order valence-corrected chi connectivity index (χ0v) is 14.2. The monoisotopic (exact) mass is 312 g/mol. The van der Waals surface area contributed by atoms with Crippen molar-refractivity contribution in [2.75, 3.05) is 0 Å². The number of aliphatic hydroxyl groups excluding tert-OH is 1. The summed E-state index contributed by atoms with van der Waals surface area (Å²) in [6.45, 7) is 6.40. The summed E-state index contributed by atoms with van der Waals surface area (Å²) in [5.41, 5.74) is 6.26. The van der Waals surface area contributed by atoms with Crippen LogP contribution in [0.5, 0.6) is 0 Å². The van der Waals surface area contributed by atoms with E-state index in [2.05, 4.69) is 32.9 Å². The van der Waals surface area contributed by atoms with Crippen molar-refractivity contribution < 1.29 is 9.50 Å². The average molecular weight is 312 g/mol. The molecule has 2 aliphatic carbocycles. The van der Waals surface area contributed by atoms with Crippen LogP contribution in [0.4, 0.5) is 4.39 Å². The Morgan fingerprint density at radius 2 is 2.00 bits per heavy atom. The summed E-state index contributed by atoms with van der Waals surface area (Å²) in [5, 5.41) is 10.4. The van der Waals surface area contributed by atoms with Gasteiger partial charge < -0.3 is 5.11 Å². The van der Waals surface area contributed by atoms with Crippen molar-refractivity contribution in [2.45, 2.75) is 52.6 Å². The van der Waals surface area contributed by atoms with Crippen LogP contribution in [-0.4, -0.2) is 11.2 Å². The van der Waals surface area contributed by atoms with Crippen molar-refractivity contribution in [3.63, 3.8) is 0 Å². The first kappa shape index (κ1) is 16.2. The van der Waals surface area contributed by atoms with Gasteiger partial charge in [0.1, 0.15) is 5.82 Å². The quantitative estimate of drug-likeness (QED) is 0.821. The molecular formula is C21H25FO. The van der Waals surface area contributed by atoms with Crippen molar-refractivity contribution in [1.82, 2.24) is 0 Å². The molecule has 0 amide bonds. The molecule has 122 valence electrons. The van der Waals surface area contributed by atoms with E-state index in [1.165, 1.54) is 34.4 Å². The molecule has 1 fully saturated rings. The van der Waals surface area contributed by atoms with E-state index in [0.717, 1.165) is 31.2 Å². The summed E-state index contributed by atoms with van der Waals surface area (Å²) in [7, 11) is 0. The lowest BCUT2D eigenvalue weighted by molar-refractivity contribution is 0.0834. The van der Waals surface area contributed by atoms with E-state index in [-0.39, 0.29) is 17.3 Å². The van der Waals surface area contributed by atoms with Crippen LogP contribution in [-0.2, 0) is 6.42 Å². The molecule has 2 aliphatic rings. The van der Waals surface area contributed by atoms with Gasteiger partial charge >= 0.3 is 0 Å². The van der Waals surface area contributed by atoms with Gasteiger partial charge in [-0.05, 0) is 68.4 Å². The van der Waals surface area contributed by atoms with Gasteiger partial charge in [0.15, 0.2) is 0 Å². The summed E-state index contributed by atoms with van der Waals surface area (Å²) in [6.07, 6.45) is 7.82. The Labute approximate surface area is 138 Å². The van der Waals surface area contributed by atoms with E-state index in [1.807, 2.05) is 12.1 Å². The largest absolute Gasteiger partial charge is 0.392 e. The highest BCUT2D eigenvalue weighted by molar-refractivity contribution is 5.47. The molecular weight excluding hydrogens is 287 g/mol. The second-order valence-electron chi connectivity index (χ2n) is 7.39. The molecule has 1 nitrogen and oxygen atoms in total. The fourth-order valence-electron chi connectivity index (χ4n) is 3.87. The van der Waals surface area contributed by atoms with E-state index in [9.17, 15) is 9.50 Å². The molecule has 2 heteroatoms. The van der Waals surface area contributed by atoms with Gasteiger partial charge in [0.2, 0.25) is 0 Å². The molecule has 1 saturated carbocycles. The molecule has 1 N–H and O–H groups in total. The Kier molecular flexibility index (Phi) is 4.29. The fourth-order valence-corrected chi connectivity index (χ4v) is 3.87. The first-order chi connectivity index (χ1) is 10.9. The Bertz CT molecular complexity index is 689. The maximum Gasteiger partial charge on any atom is 0.123 e. The van der Waals surface area contributed by atoms with Gasteiger partial charge in [-0.1, -0.05) is 42.4 Å². The zero-order chi connectivity index (χ0) is 16.6. The molecule has 0 aliphatic heterocycles. The first-order valence-corrected chi connectivity index (χ1v) is 8.39. The molecule has 3 rings (SSSR count). The Balaban J connectivity index is 1.98. The molecule has 0 bridgehead atoms. The molecule has 1 aromatic rings. The minimum Gasteiger partial charge on any atom is -0.392 e. The van der Waals surface area contributed by atoms with Crippen LogP contribution in [0.3, 0.4) is 0 Å². The number of rotatable bonds is 3. The normalized spacial score (nSPS) is 26.8. The third-order valence-corrected chi connectivity index (χ3v) is 5.25. The van der Waals surface area contributed by atoms with Gasteiger partial charge in [-0.15, -0.1) is 0 Å². The maximum absolute atomic E-state index is 13.1. The highest BCUT2D eigenvalue weighted by Crippen LogP contribution is 2.51. The Morgan fingerprint density at radius 1 is 1.30 bits per heavy atom. The van der Waals surface area contributed by atoms with Crippen LogP contribution in [0.25, 0.3) is 0 Å². The summed E-state index contributed by atoms with van der Waals surface area (Å²) in [6, 6.07) is 6.77. The van der Waals surface area contributed by atoms with E-state index in [4.69, 9.17) is 0 Å². The van der Waals surface area contributed by atoms with Crippen LogP contribution in [0.15, 0.2) is 58.7 Å². The van der Waals surface area contributed by atoms with Gasteiger partial charge in [-0.3, -0.25) is 0 Å². The summed E-state index contributed by atoms with van der Waals surface area (Å²) >= 11 is 0. The molecule has 2 atom stereocenters. The fraction of sp³-hybridized carbons (Fsp3) is 0.429. The number of allylic oxidation sites excluding steroid dienone is 5. The number of hydrogen-bond acceptors (Lipinski definition) is 1. The number of halogens is 1. The van der Waals surface area contributed by atoms with Crippen molar-refractivity contribution in [3.8, 4) is 0 Å². The molecule has 0 radical (unpaired) electrons. The number of aliphatic hydroxyl groups is 1. The van der Waals surface area contributed by atoms with Crippen LogP contribution in [0, 0.1) is 11.2 Å². The van der Waals surface area contributed by atoms with Crippen molar-refractivity contribution >= 4 is 0 Å². The Morgan fingerprint density at radius 3 is 2.65 bits per heavy atom. The van der Waals surface area contributed by atoms with Crippen LogP contribution < -0.4 is 0 Å². The molecule has 2 unspecified atom stereocenters.